The summed E-state index contributed by atoms with van der Waals surface area (Å²) in [5.74, 6) is -4.70. The summed E-state index contributed by atoms with van der Waals surface area (Å²) in [6.07, 6.45) is 0.386. The number of carboxylic acids is 2. The van der Waals surface area contributed by atoms with E-state index in [0.29, 0.717) is 19.4 Å². The number of aromatic hydroxyl groups is 1. The summed E-state index contributed by atoms with van der Waals surface area (Å²) in [5.41, 5.74) is 6.83. The van der Waals surface area contributed by atoms with Crippen molar-refractivity contribution in [2.45, 2.75) is 70.1 Å². The Balaban J connectivity index is 2.10. The van der Waals surface area contributed by atoms with Crippen LogP contribution in [0.25, 0.3) is 0 Å². The summed E-state index contributed by atoms with van der Waals surface area (Å²) < 4.78 is 0. The highest BCUT2D eigenvalue weighted by molar-refractivity contribution is 5.94. The Morgan fingerprint density at radius 2 is 1.72 bits per heavy atom. The maximum absolute atomic E-state index is 13.1. The van der Waals surface area contributed by atoms with Crippen molar-refractivity contribution in [1.82, 2.24) is 15.5 Å². The molecule has 0 saturated carbocycles. The Bertz CT molecular complexity index is 965. The molecule has 1 aromatic carbocycles. The summed E-state index contributed by atoms with van der Waals surface area (Å²) in [5, 5.41) is 32.7. The van der Waals surface area contributed by atoms with Crippen molar-refractivity contribution in [1.29, 1.82) is 0 Å². The molecule has 2 rings (SSSR count). The van der Waals surface area contributed by atoms with Crippen LogP contribution in [0.4, 0.5) is 0 Å². The van der Waals surface area contributed by atoms with Gasteiger partial charge in [-0.1, -0.05) is 26.0 Å². The molecule has 1 fully saturated rings. The molecule has 1 aromatic rings. The molecule has 198 valence electrons. The van der Waals surface area contributed by atoms with Crippen molar-refractivity contribution in [3.05, 3.63) is 29.8 Å². The first-order valence-electron chi connectivity index (χ1n) is 11.8. The normalized spacial score (nSPS) is 17.8. The van der Waals surface area contributed by atoms with Gasteiger partial charge < -0.3 is 36.6 Å². The minimum atomic E-state index is -1.29. The van der Waals surface area contributed by atoms with Gasteiger partial charge in [0.25, 0.3) is 0 Å². The number of amides is 3. The monoisotopic (exact) mass is 506 g/mol. The molecule has 36 heavy (non-hydrogen) atoms. The van der Waals surface area contributed by atoms with Crippen molar-refractivity contribution in [3.8, 4) is 5.75 Å². The maximum Gasteiger partial charge on any atom is 0.326 e. The topological polar surface area (TPSA) is 199 Å². The molecule has 1 saturated heterocycles. The fraction of sp³-hybridized carbons (Fsp3) is 0.542. The number of nitrogens with one attached hydrogen (secondary N) is 2. The summed E-state index contributed by atoms with van der Waals surface area (Å²) in [6.45, 7) is 3.50. The number of carbonyl (C=O) groups is 5. The maximum atomic E-state index is 13.1. The van der Waals surface area contributed by atoms with Crippen LogP contribution in [0, 0.1) is 5.92 Å². The lowest BCUT2D eigenvalue weighted by atomic mass is 10.0. The number of carboxylic acid groups (broad SMARTS) is 2. The van der Waals surface area contributed by atoms with Crippen LogP contribution in [0.2, 0.25) is 0 Å². The summed E-state index contributed by atoms with van der Waals surface area (Å²) in [7, 11) is 0. The predicted octanol–water partition coefficient (Wildman–Crippen LogP) is -0.172. The lowest BCUT2D eigenvalue weighted by Crippen LogP contribution is -2.57. The van der Waals surface area contributed by atoms with Gasteiger partial charge >= 0.3 is 11.9 Å². The third-order valence-electron chi connectivity index (χ3n) is 6.06. The van der Waals surface area contributed by atoms with Gasteiger partial charge in [0.2, 0.25) is 17.7 Å². The van der Waals surface area contributed by atoms with E-state index in [1.807, 2.05) is 0 Å². The molecular weight excluding hydrogens is 472 g/mol. The molecule has 0 bridgehead atoms. The van der Waals surface area contributed by atoms with E-state index in [0.717, 1.165) is 5.56 Å². The summed E-state index contributed by atoms with van der Waals surface area (Å²) >= 11 is 0. The molecular formula is C24H34N4O8. The molecule has 1 heterocycles. The number of carbonyl (C=O) groups excluding carboxylic acids is 3. The van der Waals surface area contributed by atoms with Crippen LogP contribution in [0.5, 0.6) is 5.75 Å². The summed E-state index contributed by atoms with van der Waals surface area (Å²) in [4.78, 5) is 62.7. The second kappa shape index (κ2) is 12.9. The molecule has 1 aliphatic rings. The summed E-state index contributed by atoms with van der Waals surface area (Å²) in [6, 6.07) is 1.90. The van der Waals surface area contributed by atoms with E-state index in [2.05, 4.69) is 10.6 Å². The number of nitrogens with two attached hydrogens (primary N) is 1. The van der Waals surface area contributed by atoms with Gasteiger partial charge in [-0.2, -0.15) is 0 Å². The molecule has 0 spiro atoms. The molecule has 4 atom stereocenters. The lowest BCUT2D eigenvalue weighted by Gasteiger charge is -2.29. The molecule has 7 N–H and O–H groups in total. The Morgan fingerprint density at radius 3 is 2.28 bits per heavy atom. The van der Waals surface area contributed by atoms with Gasteiger partial charge in [0.15, 0.2) is 0 Å². The van der Waals surface area contributed by atoms with Crippen LogP contribution in [0.1, 0.15) is 45.1 Å². The van der Waals surface area contributed by atoms with Crippen molar-refractivity contribution in [3.63, 3.8) is 0 Å². The number of phenolic OH excluding ortho intramolecular Hbond substituents is 1. The zero-order chi connectivity index (χ0) is 27.0. The van der Waals surface area contributed by atoms with Gasteiger partial charge in [0.05, 0.1) is 6.04 Å². The number of nitrogens with zero attached hydrogens (tertiary/aromatic N) is 1. The van der Waals surface area contributed by atoms with Gasteiger partial charge in [-0.3, -0.25) is 19.2 Å². The number of hydrogen-bond acceptors (Lipinski definition) is 7. The minimum Gasteiger partial charge on any atom is -0.508 e. The number of rotatable bonds is 12. The zero-order valence-corrected chi connectivity index (χ0v) is 20.3. The second-order valence-corrected chi connectivity index (χ2v) is 9.23. The quantitative estimate of drug-likeness (QED) is 0.223. The second-order valence-electron chi connectivity index (χ2n) is 9.23. The van der Waals surface area contributed by atoms with Crippen molar-refractivity contribution in [2.24, 2.45) is 11.7 Å². The Morgan fingerprint density at radius 1 is 1.08 bits per heavy atom. The first-order valence-corrected chi connectivity index (χ1v) is 11.8. The standard InChI is InChI=1S/C24H34N4O8/c1-13(2)20(24(35)36)27-21(32)17(9-10-19(30)31)26-22(33)18-4-3-11-28(18)23(34)16(25)12-14-5-7-15(29)8-6-14/h5-8,13,16-18,20,29H,3-4,9-12,25H2,1-2H3,(H,26,33)(H,27,32)(H,30,31)(H,35,36). The Kier molecular flexibility index (Phi) is 10.2. The van der Waals surface area contributed by atoms with E-state index in [1.165, 1.54) is 17.0 Å². The highest BCUT2D eigenvalue weighted by Gasteiger charge is 2.38. The third-order valence-corrected chi connectivity index (χ3v) is 6.06. The van der Waals surface area contributed by atoms with Gasteiger partial charge in [-0.05, 0) is 49.3 Å². The predicted molar refractivity (Wildman–Crippen MR) is 128 cm³/mol. The molecule has 12 nitrogen and oxygen atoms in total. The number of benzene rings is 1. The molecule has 1 aliphatic heterocycles. The largest absolute Gasteiger partial charge is 0.508 e. The van der Waals surface area contributed by atoms with Gasteiger partial charge in [-0.25, -0.2) is 4.79 Å². The molecule has 0 aliphatic carbocycles. The average Bonchev–Trinajstić information content (AvgIpc) is 3.30. The van der Waals surface area contributed by atoms with Crippen molar-refractivity contribution in [2.75, 3.05) is 6.54 Å². The van der Waals surface area contributed by atoms with Crippen LogP contribution in [-0.4, -0.2) is 80.6 Å². The fourth-order valence-corrected chi connectivity index (χ4v) is 4.06. The smallest absolute Gasteiger partial charge is 0.326 e. The number of likely N-dealkylation sites (tertiary alicyclic amines) is 1. The Hall–Kier alpha value is -3.67. The van der Waals surface area contributed by atoms with E-state index >= 15 is 0 Å². The molecule has 4 unspecified atom stereocenters. The van der Waals surface area contributed by atoms with E-state index < -0.39 is 66.2 Å². The van der Waals surface area contributed by atoms with Crippen molar-refractivity contribution >= 4 is 29.7 Å². The van der Waals surface area contributed by atoms with Crippen LogP contribution < -0.4 is 16.4 Å². The number of phenols is 1. The third kappa shape index (κ3) is 7.94. The first kappa shape index (κ1) is 28.6. The van der Waals surface area contributed by atoms with E-state index in [9.17, 15) is 34.2 Å². The van der Waals surface area contributed by atoms with Crippen LogP contribution >= 0.6 is 0 Å². The number of aliphatic carboxylic acids is 2. The minimum absolute atomic E-state index is 0.0829. The molecule has 3 amide bonds. The zero-order valence-electron chi connectivity index (χ0n) is 20.3. The van der Waals surface area contributed by atoms with E-state index in [4.69, 9.17) is 10.8 Å². The molecule has 0 aromatic heterocycles. The molecule has 12 heteroatoms. The van der Waals surface area contributed by atoms with E-state index in [1.54, 1.807) is 26.0 Å². The van der Waals surface area contributed by atoms with Crippen LogP contribution in [0.3, 0.4) is 0 Å². The SMILES string of the molecule is CC(C)C(NC(=O)C(CCC(=O)O)NC(=O)C1CCCN1C(=O)C(N)Cc1ccc(O)cc1)C(=O)O. The van der Waals surface area contributed by atoms with Gasteiger partial charge in [0, 0.05) is 13.0 Å². The van der Waals surface area contributed by atoms with Crippen LogP contribution in [-0.2, 0) is 30.4 Å². The highest BCUT2D eigenvalue weighted by atomic mass is 16.4. The van der Waals surface area contributed by atoms with Crippen LogP contribution in [0.15, 0.2) is 24.3 Å². The fourth-order valence-electron chi connectivity index (χ4n) is 4.06. The first-order chi connectivity index (χ1) is 16.9. The van der Waals surface area contributed by atoms with Crippen molar-refractivity contribution < 1.29 is 39.3 Å². The number of hydrogen-bond donors (Lipinski definition) is 6. The van der Waals surface area contributed by atoms with Gasteiger partial charge in [-0.15, -0.1) is 0 Å². The average molecular weight is 507 g/mol. The van der Waals surface area contributed by atoms with Gasteiger partial charge in [0.1, 0.15) is 23.9 Å². The lowest BCUT2D eigenvalue weighted by molar-refractivity contribution is -0.144. The molecule has 0 radical (unpaired) electrons. The Labute approximate surface area is 208 Å². The van der Waals surface area contributed by atoms with E-state index in [-0.39, 0.29) is 18.6 Å². The highest BCUT2D eigenvalue weighted by Crippen LogP contribution is 2.20.